The molecule has 3 aromatic rings. The molecule has 3 rings (SSSR count). The summed E-state index contributed by atoms with van der Waals surface area (Å²) in [7, 11) is -4.01. The summed E-state index contributed by atoms with van der Waals surface area (Å²) in [6.07, 6.45) is 1.29. The number of anilines is 2. The molecule has 0 aliphatic rings. The molecule has 0 aromatic carbocycles. The highest BCUT2D eigenvalue weighted by Crippen LogP contribution is 2.34. The molecule has 0 spiro atoms. The summed E-state index contributed by atoms with van der Waals surface area (Å²) < 4.78 is 41.7. The number of hydrogen-bond donors (Lipinski definition) is 2. The predicted octanol–water partition coefficient (Wildman–Crippen LogP) is 3.49. The largest absolute Gasteiger partial charge is 0.302 e. The molecule has 28 heavy (non-hydrogen) atoms. The molecule has 0 aliphatic carbocycles. The summed E-state index contributed by atoms with van der Waals surface area (Å²) in [6, 6.07) is 1.35. The highest BCUT2D eigenvalue weighted by molar-refractivity contribution is 7.94. The van der Waals surface area contributed by atoms with Crippen molar-refractivity contribution in [3.8, 4) is 10.4 Å². The van der Waals surface area contributed by atoms with Gasteiger partial charge in [-0.2, -0.15) is 4.39 Å². The standard InChI is InChI=1S/C16H16FN5O3S3/c1-7-13(27-16(20-7)21-9(3)23)11-5-12(14(17)18-6-11)22-28(24,25)15-8(2)19-10(4)26-15/h5-6,22H,1-4H3,(H,20,21,23). The van der Waals surface area contributed by atoms with Crippen LogP contribution in [-0.2, 0) is 14.8 Å². The van der Waals surface area contributed by atoms with Crippen LogP contribution < -0.4 is 10.0 Å². The van der Waals surface area contributed by atoms with Crippen LogP contribution in [0.15, 0.2) is 16.5 Å². The van der Waals surface area contributed by atoms with Gasteiger partial charge in [0.1, 0.15) is 5.69 Å². The number of nitrogens with zero attached hydrogens (tertiary/aromatic N) is 3. The molecule has 3 heterocycles. The summed E-state index contributed by atoms with van der Waals surface area (Å²) in [4.78, 5) is 23.8. The Morgan fingerprint density at radius 2 is 1.86 bits per heavy atom. The van der Waals surface area contributed by atoms with Gasteiger partial charge in [0.05, 0.1) is 21.3 Å². The maximum atomic E-state index is 14.2. The van der Waals surface area contributed by atoms with E-state index < -0.39 is 16.0 Å². The second kappa shape index (κ2) is 7.53. The Hall–Kier alpha value is -2.44. The van der Waals surface area contributed by atoms with E-state index in [4.69, 9.17) is 0 Å². The van der Waals surface area contributed by atoms with Crippen LogP contribution in [0.5, 0.6) is 0 Å². The molecule has 0 radical (unpaired) electrons. The molecule has 0 saturated carbocycles. The lowest BCUT2D eigenvalue weighted by Crippen LogP contribution is -2.14. The molecule has 0 aliphatic heterocycles. The zero-order valence-corrected chi connectivity index (χ0v) is 17.8. The van der Waals surface area contributed by atoms with Crippen LogP contribution in [0.2, 0.25) is 0 Å². The zero-order valence-electron chi connectivity index (χ0n) is 15.3. The summed E-state index contributed by atoms with van der Waals surface area (Å²) in [6.45, 7) is 6.37. The highest BCUT2D eigenvalue weighted by Gasteiger charge is 2.23. The van der Waals surface area contributed by atoms with Crippen molar-refractivity contribution in [1.82, 2.24) is 15.0 Å². The number of carbonyl (C=O) groups is 1. The van der Waals surface area contributed by atoms with E-state index >= 15 is 0 Å². The maximum absolute atomic E-state index is 14.2. The van der Waals surface area contributed by atoms with Crippen molar-refractivity contribution in [2.75, 3.05) is 10.0 Å². The molecule has 12 heteroatoms. The SMILES string of the molecule is CC(=O)Nc1nc(C)c(-c2cnc(F)c(NS(=O)(=O)c3sc(C)nc3C)c2)s1. The molecule has 148 valence electrons. The minimum absolute atomic E-state index is 0.0247. The third-order valence-corrected chi connectivity index (χ3v) is 7.70. The normalized spacial score (nSPS) is 11.5. The van der Waals surface area contributed by atoms with E-state index in [9.17, 15) is 17.6 Å². The fraction of sp³-hybridized carbons (Fsp3) is 0.250. The third kappa shape index (κ3) is 4.18. The maximum Gasteiger partial charge on any atom is 0.273 e. The number of halogens is 1. The molecule has 0 saturated heterocycles. The first-order chi connectivity index (χ1) is 13.1. The monoisotopic (exact) mass is 441 g/mol. The first kappa shape index (κ1) is 20.3. The number of aryl methyl sites for hydroxylation is 3. The van der Waals surface area contributed by atoms with Gasteiger partial charge in [-0.15, -0.1) is 11.3 Å². The van der Waals surface area contributed by atoms with Gasteiger partial charge in [-0.3, -0.25) is 9.52 Å². The van der Waals surface area contributed by atoms with Crippen LogP contribution in [0.1, 0.15) is 23.3 Å². The van der Waals surface area contributed by atoms with E-state index in [0.29, 0.717) is 32.0 Å². The first-order valence-electron chi connectivity index (χ1n) is 7.94. The molecule has 0 unspecified atom stereocenters. The van der Waals surface area contributed by atoms with Crippen molar-refractivity contribution in [3.63, 3.8) is 0 Å². The van der Waals surface area contributed by atoms with E-state index in [1.54, 1.807) is 20.8 Å². The number of amides is 1. The Kier molecular flexibility index (Phi) is 5.46. The van der Waals surface area contributed by atoms with Gasteiger partial charge in [0.15, 0.2) is 9.34 Å². The van der Waals surface area contributed by atoms with Gasteiger partial charge in [-0.25, -0.2) is 23.4 Å². The molecule has 0 atom stereocenters. The summed E-state index contributed by atoms with van der Waals surface area (Å²) >= 11 is 2.19. The number of aromatic nitrogens is 3. The summed E-state index contributed by atoms with van der Waals surface area (Å²) in [5.74, 6) is -1.21. The van der Waals surface area contributed by atoms with E-state index in [-0.39, 0.29) is 15.8 Å². The topological polar surface area (TPSA) is 114 Å². The second-order valence-electron chi connectivity index (χ2n) is 5.89. The molecule has 0 fully saturated rings. The zero-order chi connectivity index (χ0) is 20.6. The predicted molar refractivity (Wildman–Crippen MR) is 107 cm³/mol. The Bertz CT molecular complexity index is 1170. The minimum Gasteiger partial charge on any atom is -0.302 e. The number of pyridine rings is 1. The molecular formula is C16H16FN5O3S3. The summed E-state index contributed by atoms with van der Waals surface area (Å²) in [5, 5.41) is 3.57. The third-order valence-electron chi connectivity index (χ3n) is 3.53. The Labute approximate surface area is 168 Å². The fourth-order valence-corrected chi connectivity index (χ4v) is 5.99. The van der Waals surface area contributed by atoms with Gasteiger partial charge >= 0.3 is 0 Å². The van der Waals surface area contributed by atoms with Crippen LogP contribution in [-0.4, -0.2) is 29.3 Å². The van der Waals surface area contributed by atoms with Crippen molar-refractivity contribution < 1.29 is 17.6 Å². The Morgan fingerprint density at radius 3 is 2.46 bits per heavy atom. The number of thiazole rings is 2. The molecule has 1 amide bonds. The molecular weight excluding hydrogens is 425 g/mol. The lowest BCUT2D eigenvalue weighted by atomic mass is 10.2. The van der Waals surface area contributed by atoms with Crippen molar-refractivity contribution in [1.29, 1.82) is 0 Å². The van der Waals surface area contributed by atoms with E-state index in [1.807, 2.05) is 0 Å². The van der Waals surface area contributed by atoms with Gasteiger partial charge in [-0.1, -0.05) is 11.3 Å². The number of sulfonamides is 1. The van der Waals surface area contributed by atoms with Gasteiger partial charge in [0.25, 0.3) is 10.0 Å². The van der Waals surface area contributed by atoms with Crippen LogP contribution in [0.4, 0.5) is 15.2 Å². The lowest BCUT2D eigenvalue weighted by molar-refractivity contribution is -0.114. The van der Waals surface area contributed by atoms with E-state index in [1.165, 1.54) is 30.5 Å². The molecule has 0 bridgehead atoms. The fourth-order valence-electron chi connectivity index (χ4n) is 2.47. The second-order valence-corrected chi connectivity index (χ2v) is 9.97. The molecule has 8 nitrogen and oxygen atoms in total. The van der Waals surface area contributed by atoms with Gasteiger partial charge in [-0.05, 0) is 26.8 Å². The number of rotatable bonds is 5. The van der Waals surface area contributed by atoms with Crippen molar-refractivity contribution in [3.05, 3.63) is 34.6 Å². The van der Waals surface area contributed by atoms with Gasteiger partial charge in [0.2, 0.25) is 11.9 Å². The first-order valence-corrected chi connectivity index (χ1v) is 11.1. The Balaban J connectivity index is 1.98. The highest BCUT2D eigenvalue weighted by atomic mass is 32.2. The minimum atomic E-state index is -4.01. The van der Waals surface area contributed by atoms with Crippen LogP contribution in [0.3, 0.4) is 0 Å². The summed E-state index contributed by atoms with van der Waals surface area (Å²) in [5.41, 5.74) is 1.14. The quantitative estimate of drug-likeness (QED) is 0.586. The van der Waals surface area contributed by atoms with Gasteiger partial charge in [0, 0.05) is 18.7 Å². The smallest absolute Gasteiger partial charge is 0.273 e. The number of carbonyl (C=O) groups excluding carboxylic acids is 1. The number of hydrogen-bond acceptors (Lipinski definition) is 8. The average molecular weight is 442 g/mol. The molecule has 2 N–H and O–H groups in total. The average Bonchev–Trinajstić information content (AvgIpc) is 3.11. The van der Waals surface area contributed by atoms with Crippen molar-refractivity contribution >= 4 is 49.4 Å². The van der Waals surface area contributed by atoms with Crippen molar-refractivity contribution in [2.24, 2.45) is 0 Å². The van der Waals surface area contributed by atoms with E-state index in [0.717, 1.165) is 11.3 Å². The van der Waals surface area contributed by atoms with E-state index in [2.05, 4.69) is 25.0 Å². The van der Waals surface area contributed by atoms with Gasteiger partial charge < -0.3 is 5.32 Å². The van der Waals surface area contributed by atoms with Crippen LogP contribution in [0.25, 0.3) is 10.4 Å². The molecule has 3 aromatic heterocycles. The van der Waals surface area contributed by atoms with Crippen LogP contribution in [0, 0.1) is 26.7 Å². The van der Waals surface area contributed by atoms with Crippen LogP contribution >= 0.6 is 22.7 Å². The Morgan fingerprint density at radius 1 is 1.14 bits per heavy atom. The number of nitrogens with one attached hydrogen (secondary N) is 2. The lowest BCUT2D eigenvalue weighted by Gasteiger charge is -2.09. The van der Waals surface area contributed by atoms with Crippen molar-refractivity contribution in [2.45, 2.75) is 31.9 Å².